The second kappa shape index (κ2) is 7.70. The Labute approximate surface area is 164 Å². The first kappa shape index (κ1) is 18.6. The van der Waals surface area contributed by atoms with Gasteiger partial charge in [-0.2, -0.15) is 0 Å². The van der Waals surface area contributed by atoms with Gasteiger partial charge in [0.05, 0.1) is 24.9 Å². The highest BCUT2D eigenvalue weighted by molar-refractivity contribution is 5.95. The van der Waals surface area contributed by atoms with Gasteiger partial charge >= 0.3 is 0 Å². The van der Waals surface area contributed by atoms with Gasteiger partial charge in [-0.1, -0.05) is 6.07 Å². The molecule has 5 nitrogen and oxygen atoms in total. The molecule has 2 aromatic rings. The average Bonchev–Trinajstić information content (AvgIpc) is 3.05. The van der Waals surface area contributed by atoms with Crippen molar-refractivity contribution in [2.24, 2.45) is 0 Å². The van der Waals surface area contributed by atoms with E-state index in [4.69, 9.17) is 9.47 Å². The van der Waals surface area contributed by atoms with E-state index in [0.717, 1.165) is 36.3 Å². The highest BCUT2D eigenvalue weighted by Crippen LogP contribution is 2.38. The van der Waals surface area contributed by atoms with E-state index in [0.29, 0.717) is 31.0 Å². The summed E-state index contributed by atoms with van der Waals surface area (Å²) in [5, 5.41) is 0. The second-order valence-corrected chi connectivity index (χ2v) is 7.47. The van der Waals surface area contributed by atoms with Gasteiger partial charge in [-0.25, -0.2) is 4.39 Å². The molecular formula is C22H25FN2O3. The number of halogens is 1. The Kier molecular flexibility index (Phi) is 5.11. The Morgan fingerprint density at radius 1 is 1.07 bits per heavy atom. The number of hydrogen-bond acceptors (Lipinski definition) is 4. The molecule has 0 radical (unpaired) electrons. The van der Waals surface area contributed by atoms with Crippen molar-refractivity contribution in [2.75, 3.05) is 38.8 Å². The zero-order chi connectivity index (χ0) is 19.7. The Balaban J connectivity index is 1.59. The largest absolute Gasteiger partial charge is 0.490 e. The fourth-order valence-electron chi connectivity index (χ4n) is 3.91. The fraction of sp³-hybridized carbons (Fsp3) is 0.409. The summed E-state index contributed by atoms with van der Waals surface area (Å²) in [5.41, 5.74) is 1.88. The third-order valence-electron chi connectivity index (χ3n) is 5.35. The normalized spacial score (nSPS) is 18.7. The van der Waals surface area contributed by atoms with Crippen LogP contribution in [-0.4, -0.2) is 44.7 Å². The smallest absolute Gasteiger partial charge is 0.254 e. The van der Waals surface area contributed by atoms with E-state index < -0.39 is 0 Å². The maximum absolute atomic E-state index is 14.4. The van der Waals surface area contributed by atoms with Crippen LogP contribution >= 0.6 is 0 Å². The topological polar surface area (TPSA) is 42.0 Å². The van der Waals surface area contributed by atoms with Crippen LogP contribution in [0.5, 0.6) is 11.5 Å². The second-order valence-electron chi connectivity index (χ2n) is 7.47. The molecule has 28 heavy (non-hydrogen) atoms. The molecule has 6 heteroatoms. The van der Waals surface area contributed by atoms with Crippen molar-refractivity contribution in [3.05, 3.63) is 53.3 Å². The number of amides is 1. The van der Waals surface area contributed by atoms with Gasteiger partial charge < -0.3 is 19.3 Å². The average molecular weight is 384 g/mol. The monoisotopic (exact) mass is 384 g/mol. The summed E-state index contributed by atoms with van der Waals surface area (Å²) in [4.78, 5) is 16.6. The number of fused-ring (bicyclic) bond motifs is 1. The number of hydrogen-bond donors (Lipinski definition) is 0. The molecule has 0 spiro atoms. The van der Waals surface area contributed by atoms with E-state index in [1.807, 2.05) is 23.1 Å². The summed E-state index contributed by atoms with van der Waals surface area (Å²) in [7, 11) is 3.56. The van der Waals surface area contributed by atoms with Crippen LogP contribution < -0.4 is 14.4 Å². The number of likely N-dealkylation sites (tertiary alicyclic amines) is 1. The standard InChI is InChI=1S/C22H25FN2O3/c1-24(2)19-8-6-16(13-17(19)23)22(26)25-10-3-5-18(25)15-7-9-20-21(14-15)28-12-4-11-27-20/h6-9,13-14,18H,3-5,10-12H2,1-2H3/t18-/m0/s1. The first-order chi connectivity index (χ1) is 13.5. The molecule has 2 aliphatic heterocycles. The van der Waals surface area contributed by atoms with Crippen LogP contribution in [0.25, 0.3) is 0 Å². The zero-order valence-corrected chi connectivity index (χ0v) is 16.3. The lowest BCUT2D eigenvalue weighted by Gasteiger charge is -2.26. The lowest BCUT2D eigenvalue weighted by molar-refractivity contribution is 0.0735. The summed E-state index contributed by atoms with van der Waals surface area (Å²) in [6, 6.07) is 10.5. The first-order valence-electron chi connectivity index (χ1n) is 9.72. The van der Waals surface area contributed by atoms with Crippen molar-refractivity contribution in [3.63, 3.8) is 0 Å². The SMILES string of the molecule is CN(C)c1ccc(C(=O)N2CCC[C@H]2c2ccc3c(c2)OCCCO3)cc1F. The maximum atomic E-state index is 14.4. The molecule has 148 valence electrons. The van der Waals surface area contributed by atoms with Crippen molar-refractivity contribution in [1.82, 2.24) is 4.90 Å². The van der Waals surface area contributed by atoms with Gasteiger partial charge in [0.15, 0.2) is 11.5 Å². The van der Waals surface area contributed by atoms with Crippen LogP contribution in [-0.2, 0) is 0 Å². The minimum atomic E-state index is -0.387. The molecule has 0 unspecified atom stereocenters. The summed E-state index contributed by atoms with van der Waals surface area (Å²) < 4.78 is 25.9. The van der Waals surface area contributed by atoms with Gasteiger partial charge in [-0.15, -0.1) is 0 Å². The highest BCUT2D eigenvalue weighted by Gasteiger charge is 2.31. The van der Waals surface area contributed by atoms with Gasteiger partial charge in [-0.05, 0) is 48.7 Å². The third kappa shape index (κ3) is 3.51. The van der Waals surface area contributed by atoms with E-state index in [-0.39, 0.29) is 17.8 Å². The van der Waals surface area contributed by atoms with Crippen molar-refractivity contribution >= 4 is 11.6 Å². The Morgan fingerprint density at radius 2 is 1.86 bits per heavy atom. The molecule has 4 rings (SSSR count). The molecule has 0 aromatic heterocycles. The van der Waals surface area contributed by atoms with Crippen LogP contribution in [0.4, 0.5) is 10.1 Å². The number of rotatable bonds is 3. The number of nitrogens with zero attached hydrogens (tertiary/aromatic N) is 2. The molecule has 2 heterocycles. The predicted octanol–water partition coefficient (Wildman–Crippen LogP) is 4.03. The number of benzene rings is 2. The van der Waals surface area contributed by atoms with Crippen LogP contribution in [0.15, 0.2) is 36.4 Å². The highest BCUT2D eigenvalue weighted by atomic mass is 19.1. The molecule has 0 bridgehead atoms. The number of carbonyl (C=O) groups excluding carboxylic acids is 1. The summed E-state index contributed by atoms with van der Waals surface area (Å²) >= 11 is 0. The summed E-state index contributed by atoms with van der Waals surface area (Å²) in [6.07, 6.45) is 2.65. The molecule has 1 amide bonds. The van der Waals surface area contributed by atoms with Crippen LogP contribution in [0.2, 0.25) is 0 Å². The van der Waals surface area contributed by atoms with Crippen LogP contribution in [0, 0.1) is 5.82 Å². The van der Waals surface area contributed by atoms with Gasteiger partial charge in [0, 0.05) is 32.6 Å². The van der Waals surface area contributed by atoms with Crippen molar-refractivity contribution < 1.29 is 18.7 Å². The molecule has 0 aliphatic carbocycles. The van der Waals surface area contributed by atoms with E-state index in [9.17, 15) is 9.18 Å². The molecule has 1 fully saturated rings. The Hall–Kier alpha value is -2.76. The van der Waals surface area contributed by atoms with Crippen LogP contribution in [0.1, 0.15) is 41.2 Å². The first-order valence-corrected chi connectivity index (χ1v) is 9.72. The maximum Gasteiger partial charge on any atom is 0.254 e. The Bertz CT molecular complexity index is 884. The van der Waals surface area contributed by atoms with Gasteiger partial charge in [0.2, 0.25) is 0 Å². The van der Waals surface area contributed by atoms with E-state index in [2.05, 4.69) is 0 Å². The molecule has 0 saturated carbocycles. The Morgan fingerprint density at radius 3 is 2.61 bits per heavy atom. The zero-order valence-electron chi connectivity index (χ0n) is 16.3. The quantitative estimate of drug-likeness (QED) is 0.801. The summed E-state index contributed by atoms with van der Waals surface area (Å²) in [6.45, 7) is 1.94. The molecule has 2 aromatic carbocycles. The molecular weight excluding hydrogens is 359 g/mol. The van der Waals surface area contributed by atoms with E-state index in [1.54, 1.807) is 31.1 Å². The van der Waals surface area contributed by atoms with Gasteiger partial charge in [0.1, 0.15) is 5.82 Å². The van der Waals surface area contributed by atoms with Gasteiger partial charge in [-0.3, -0.25) is 4.79 Å². The van der Waals surface area contributed by atoms with Gasteiger partial charge in [0.25, 0.3) is 5.91 Å². The third-order valence-corrected chi connectivity index (χ3v) is 5.35. The van der Waals surface area contributed by atoms with Crippen molar-refractivity contribution in [2.45, 2.75) is 25.3 Å². The number of carbonyl (C=O) groups is 1. The molecule has 1 atom stereocenters. The van der Waals surface area contributed by atoms with Crippen molar-refractivity contribution in [3.8, 4) is 11.5 Å². The molecule has 1 saturated heterocycles. The predicted molar refractivity (Wildman–Crippen MR) is 106 cm³/mol. The lowest BCUT2D eigenvalue weighted by atomic mass is 10.0. The minimum Gasteiger partial charge on any atom is -0.490 e. The van der Waals surface area contributed by atoms with E-state index in [1.165, 1.54) is 6.07 Å². The fourth-order valence-corrected chi connectivity index (χ4v) is 3.91. The minimum absolute atomic E-state index is 0.0405. The van der Waals surface area contributed by atoms with Crippen LogP contribution in [0.3, 0.4) is 0 Å². The van der Waals surface area contributed by atoms with E-state index >= 15 is 0 Å². The number of anilines is 1. The number of ether oxygens (including phenoxy) is 2. The molecule has 2 aliphatic rings. The lowest BCUT2D eigenvalue weighted by Crippen LogP contribution is -2.30. The van der Waals surface area contributed by atoms with Crippen molar-refractivity contribution in [1.29, 1.82) is 0 Å². The molecule has 0 N–H and O–H groups in total. The summed E-state index contributed by atoms with van der Waals surface area (Å²) in [5.74, 6) is 0.954.